The van der Waals surface area contributed by atoms with Crippen LogP contribution in [0.5, 0.6) is 0 Å². The molecule has 0 aromatic heterocycles. The summed E-state index contributed by atoms with van der Waals surface area (Å²) in [5.74, 6) is 1.77. The Morgan fingerprint density at radius 3 is 2.43 bits per heavy atom. The molecule has 0 bridgehead atoms. The largest absolute Gasteiger partial charge is 0.381 e. The molecular weight excluding hydrogens is 374 g/mol. The fourth-order valence-corrected chi connectivity index (χ4v) is 4.46. The van der Waals surface area contributed by atoms with Crippen molar-refractivity contribution in [2.45, 2.75) is 39.3 Å². The van der Waals surface area contributed by atoms with Crippen molar-refractivity contribution >= 4 is 5.96 Å². The van der Waals surface area contributed by atoms with Gasteiger partial charge in [0, 0.05) is 73.1 Å². The summed E-state index contributed by atoms with van der Waals surface area (Å²) in [6, 6.07) is 8.84. The molecule has 2 fully saturated rings. The topological polar surface area (TPSA) is 43.3 Å². The maximum absolute atomic E-state index is 5.48. The van der Waals surface area contributed by atoms with Gasteiger partial charge in [-0.1, -0.05) is 31.2 Å². The molecule has 0 saturated carbocycles. The summed E-state index contributed by atoms with van der Waals surface area (Å²) in [4.78, 5) is 11.9. The van der Waals surface area contributed by atoms with Crippen molar-refractivity contribution in [1.29, 1.82) is 0 Å². The molecule has 0 aliphatic carbocycles. The van der Waals surface area contributed by atoms with Crippen LogP contribution < -0.4 is 5.32 Å². The number of benzene rings is 1. The van der Waals surface area contributed by atoms with Gasteiger partial charge in [-0.15, -0.1) is 0 Å². The second-order valence-electron chi connectivity index (χ2n) is 8.65. The van der Waals surface area contributed by atoms with Gasteiger partial charge in [0.1, 0.15) is 0 Å². The van der Waals surface area contributed by atoms with Crippen LogP contribution in [0.25, 0.3) is 0 Å². The number of rotatable bonds is 8. The molecule has 2 aliphatic rings. The number of piperazine rings is 1. The highest BCUT2D eigenvalue weighted by Crippen LogP contribution is 2.18. The molecule has 0 radical (unpaired) electrons. The number of likely N-dealkylation sites (N-methyl/N-ethyl adjacent to an activating group) is 1. The maximum atomic E-state index is 5.48. The van der Waals surface area contributed by atoms with Crippen LogP contribution in [0.15, 0.2) is 29.3 Å². The van der Waals surface area contributed by atoms with Crippen LogP contribution in [0.4, 0.5) is 0 Å². The molecule has 1 aromatic rings. The van der Waals surface area contributed by atoms with E-state index in [1.807, 2.05) is 7.05 Å². The molecule has 2 saturated heterocycles. The third kappa shape index (κ3) is 6.96. The predicted octanol–water partition coefficient (Wildman–Crippen LogP) is 2.65. The number of hydrogen-bond acceptors (Lipinski definition) is 4. The number of ether oxygens (including phenoxy) is 1. The number of hydrogen-bond donors (Lipinski definition) is 1. The number of guanidine groups is 1. The van der Waals surface area contributed by atoms with Crippen molar-refractivity contribution in [3.05, 3.63) is 35.4 Å². The molecular formula is C24H41N5O. The van der Waals surface area contributed by atoms with Crippen LogP contribution in [-0.2, 0) is 17.8 Å². The Hall–Kier alpha value is -1.63. The Labute approximate surface area is 183 Å². The van der Waals surface area contributed by atoms with Crippen molar-refractivity contribution in [3.8, 4) is 0 Å². The first-order chi connectivity index (χ1) is 14.7. The van der Waals surface area contributed by atoms with Gasteiger partial charge in [-0.2, -0.15) is 0 Å². The number of aliphatic imine (C=N–C) groups is 1. The second-order valence-corrected chi connectivity index (χ2v) is 8.65. The fraction of sp³-hybridized carbons (Fsp3) is 0.708. The van der Waals surface area contributed by atoms with E-state index in [1.54, 1.807) is 0 Å². The summed E-state index contributed by atoms with van der Waals surface area (Å²) in [5.41, 5.74) is 2.80. The van der Waals surface area contributed by atoms with Crippen LogP contribution in [0.2, 0.25) is 0 Å². The minimum absolute atomic E-state index is 0.785. The van der Waals surface area contributed by atoms with Crippen molar-refractivity contribution in [1.82, 2.24) is 20.0 Å². The number of nitrogens with one attached hydrogen (secondary N) is 1. The lowest BCUT2D eigenvalue weighted by atomic mass is 9.96. The molecule has 3 rings (SSSR count). The van der Waals surface area contributed by atoms with E-state index in [1.165, 1.54) is 43.5 Å². The third-order valence-corrected chi connectivity index (χ3v) is 6.65. The molecule has 6 nitrogen and oxygen atoms in total. The lowest BCUT2D eigenvalue weighted by molar-refractivity contribution is 0.0625. The molecule has 2 heterocycles. The minimum atomic E-state index is 0.785. The predicted molar refractivity (Wildman–Crippen MR) is 125 cm³/mol. The summed E-state index contributed by atoms with van der Waals surface area (Å²) in [7, 11) is 4.03. The summed E-state index contributed by atoms with van der Waals surface area (Å²) < 4.78 is 5.48. The van der Waals surface area contributed by atoms with E-state index in [0.29, 0.717) is 0 Å². The third-order valence-electron chi connectivity index (χ3n) is 6.65. The molecule has 0 atom stereocenters. The van der Waals surface area contributed by atoms with E-state index in [-0.39, 0.29) is 0 Å². The van der Waals surface area contributed by atoms with Gasteiger partial charge in [0.2, 0.25) is 0 Å². The monoisotopic (exact) mass is 415 g/mol. The van der Waals surface area contributed by atoms with Crippen molar-refractivity contribution in [3.63, 3.8) is 0 Å². The molecule has 6 heteroatoms. The minimum Gasteiger partial charge on any atom is -0.381 e. The lowest BCUT2D eigenvalue weighted by Crippen LogP contribution is -2.45. The van der Waals surface area contributed by atoms with Crippen LogP contribution >= 0.6 is 0 Å². The highest BCUT2D eigenvalue weighted by Gasteiger charge is 2.18. The van der Waals surface area contributed by atoms with Gasteiger partial charge in [-0.3, -0.25) is 9.89 Å². The van der Waals surface area contributed by atoms with E-state index < -0.39 is 0 Å². The smallest absolute Gasteiger partial charge is 0.193 e. The van der Waals surface area contributed by atoms with Crippen LogP contribution in [0, 0.1) is 5.92 Å². The molecule has 0 amide bonds. The maximum Gasteiger partial charge on any atom is 0.193 e. The average molecular weight is 416 g/mol. The Morgan fingerprint density at radius 2 is 1.77 bits per heavy atom. The SMILES string of the molecule is CCN1CCN(Cc2ccccc2CNC(=NC)N(C)CCC2CCOCC2)CC1. The molecule has 1 N–H and O–H groups in total. The van der Waals surface area contributed by atoms with E-state index in [9.17, 15) is 0 Å². The van der Waals surface area contributed by atoms with E-state index in [4.69, 9.17) is 4.74 Å². The van der Waals surface area contributed by atoms with Gasteiger partial charge < -0.3 is 19.9 Å². The first-order valence-electron chi connectivity index (χ1n) is 11.7. The van der Waals surface area contributed by atoms with Gasteiger partial charge in [0.05, 0.1) is 0 Å². The first kappa shape index (κ1) is 23.0. The molecule has 168 valence electrons. The van der Waals surface area contributed by atoms with Crippen molar-refractivity contribution in [2.24, 2.45) is 10.9 Å². The molecule has 0 spiro atoms. The van der Waals surface area contributed by atoms with Gasteiger partial charge >= 0.3 is 0 Å². The first-order valence-corrected chi connectivity index (χ1v) is 11.7. The van der Waals surface area contributed by atoms with Gasteiger partial charge in [-0.25, -0.2) is 0 Å². The molecule has 0 unspecified atom stereocenters. The van der Waals surface area contributed by atoms with E-state index >= 15 is 0 Å². The van der Waals surface area contributed by atoms with Gasteiger partial charge in [-0.05, 0) is 42.9 Å². The van der Waals surface area contributed by atoms with Gasteiger partial charge in [0.15, 0.2) is 5.96 Å². The standard InChI is InChI=1S/C24H41N5O/c1-4-28-13-15-29(16-14-28)20-23-8-6-5-7-22(23)19-26-24(25-2)27(3)12-9-21-10-17-30-18-11-21/h5-8,21H,4,9-20H2,1-3H3,(H,25,26). The summed E-state index contributed by atoms with van der Waals surface area (Å²) in [6.07, 6.45) is 3.60. The highest BCUT2D eigenvalue weighted by molar-refractivity contribution is 5.79. The van der Waals surface area contributed by atoms with Crippen molar-refractivity contribution < 1.29 is 4.74 Å². The Balaban J connectivity index is 1.49. The summed E-state index contributed by atoms with van der Waals surface area (Å²) in [6.45, 7) is 12.8. The molecule has 30 heavy (non-hydrogen) atoms. The van der Waals surface area contributed by atoms with Gasteiger partial charge in [0.25, 0.3) is 0 Å². The normalized spacial score (nSPS) is 19.8. The van der Waals surface area contributed by atoms with Crippen LogP contribution in [0.3, 0.4) is 0 Å². The van der Waals surface area contributed by atoms with Crippen LogP contribution in [-0.4, -0.2) is 87.2 Å². The zero-order valence-corrected chi connectivity index (χ0v) is 19.3. The van der Waals surface area contributed by atoms with E-state index in [0.717, 1.165) is 64.4 Å². The zero-order valence-electron chi connectivity index (χ0n) is 19.3. The lowest BCUT2D eigenvalue weighted by Gasteiger charge is -2.34. The Kier molecular flexibility index (Phi) is 9.43. The highest BCUT2D eigenvalue weighted by atomic mass is 16.5. The molecule has 2 aliphatic heterocycles. The quantitative estimate of drug-likeness (QED) is 0.522. The summed E-state index contributed by atoms with van der Waals surface area (Å²) >= 11 is 0. The van der Waals surface area contributed by atoms with Crippen molar-refractivity contribution in [2.75, 3.05) is 66.6 Å². The Morgan fingerprint density at radius 1 is 1.10 bits per heavy atom. The molecule has 1 aromatic carbocycles. The Bertz CT molecular complexity index is 651. The zero-order chi connectivity index (χ0) is 21.2. The van der Waals surface area contributed by atoms with E-state index in [2.05, 4.69) is 63.2 Å². The fourth-order valence-electron chi connectivity index (χ4n) is 4.46. The second kappa shape index (κ2) is 12.3. The number of nitrogens with zero attached hydrogens (tertiary/aromatic N) is 4. The van der Waals surface area contributed by atoms with Crippen LogP contribution in [0.1, 0.15) is 37.3 Å². The summed E-state index contributed by atoms with van der Waals surface area (Å²) in [5, 5.41) is 3.59. The average Bonchev–Trinajstić information content (AvgIpc) is 2.80.